The minimum Gasteiger partial charge on any atom is -0.378 e. The second-order valence-electron chi connectivity index (χ2n) is 3.53. The predicted molar refractivity (Wildman–Crippen MR) is 48.1 cm³/mol. The van der Waals surface area contributed by atoms with Gasteiger partial charge >= 0.3 is 0 Å². The first-order chi connectivity index (χ1) is 5.97. The Morgan fingerprint density at radius 3 is 3.00 bits per heavy atom. The monoisotopic (exact) mass is 165 g/mol. The molecule has 0 amide bonds. The van der Waals surface area contributed by atoms with Crippen LogP contribution in [0.4, 0.5) is 0 Å². The fraction of sp³-hybridized carbons (Fsp3) is 0.800. The summed E-state index contributed by atoms with van der Waals surface area (Å²) in [5, 5.41) is 0. The van der Waals surface area contributed by atoms with E-state index in [1.54, 1.807) is 0 Å². The average Bonchev–Trinajstić information content (AvgIpc) is 2.21. The van der Waals surface area contributed by atoms with E-state index in [0.717, 1.165) is 13.0 Å². The molecule has 12 heavy (non-hydrogen) atoms. The van der Waals surface area contributed by atoms with Crippen LogP contribution >= 0.6 is 0 Å². The Balaban J connectivity index is 1.85. The van der Waals surface area contributed by atoms with Crippen molar-refractivity contribution in [1.82, 2.24) is 0 Å². The van der Waals surface area contributed by atoms with Crippen LogP contribution in [-0.2, 0) is 4.74 Å². The molecule has 0 saturated carbocycles. The van der Waals surface area contributed by atoms with Gasteiger partial charge < -0.3 is 4.74 Å². The Hall–Kier alpha value is -0.370. The van der Waals surface area contributed by atoms with Gasteiger partial charge in [-0.05, 0) is 38.3 Å². The van der Waals surface area contributed by atoms with Gasteiger partial charge in [-0.15, -0.1) is 0 Å². The maximum atomic E-state index is 5.68. The summed E-state index contributed by atoms with van der Waals surface area (Å²) in [7, 11) is 0. The molecule has 0 aromatic rings. The van der Waals surface area contributed by atoms with Crippen LogP contribution in [0.2, 0.25) is 0 Å². The lowest BCUT2D eigenvalue weighted by Crippen LogP contribution is -2.29. The van der Waals surface area contributed by atoms with E-state index in [9.17, 15) is 0 Å². The molecule has 0 aromatic carbocycles. The smallest absolute Gasteiger partial charge is 0.121 e. The van der Waals surface area contributed by atoms with Crippen molar-refractivity contribution < 1.29 is 4.74 Å². The van der Waals surface area contributed by atoms with Crippen LogP contribution in [0, 0.1) is 12.5 Å². The van der Waals surface area contributed by atoms with Crippen molar-refractivity contribution in [3.63, 3.8) is 0 Å². The number of hydrogen-bond donors (Lipinski definition) is 0. The molecule has 2 aliphatic heterocycles. The Morgan fingerprint density at radius 2 is 2.33 bits per heavy atom. The highest BCUT2D eigenvalue weighted by atomic mass is 16.5. The molecule has 2 radical (unpaired) electrons. The van der Waals surface area contributed by atoms with Crippen molar-refractivity contribution in [3.05, 3.63) is 6.54 Å². The summed E-state index contributed by atoms with van der Waals surface area (Å²) in [6, 6.07) is 0. The van der Waals surface area contributed by atoms with Crippen LogP contribution in [0.1, 0.15) is 32.1 Å². The van der Waals surface area contributed by atoms with Gasteiger partial charge in [0.2, 0.25) is 0 Å². The second-order valence-corrected chi connectivity index (χ2v) is 3.53. The van der Waals surface area contributed by atoms with Gasteiger partial charge in [0.25, 0.3) is 0 Å². The summed E-state index contributed by atoms with van der Waals surface area (Å²) in [6.45, 7) is 4.07. The molecule has 2 heteroatoms. The Morgan fingerprint density at radius 1 is 1.33 bits per heavy atom. The van der Waals surface area contributed by atoms with E-state index >= 15 is 0 Å². The van der Waals surface area contributed by atoms with E-state index in [-0.39, 0.29) is 0 Å². The Labute approximate surface area is 74.0 Å². The normalized spacial score (nSPS) is 36.7. The third-order valence-electron chi connectivity index (χ3n) is 2.60. The minimum atomic E-state index is 0.413. The van der Waals surface area contributed by atoms with Gasteiger partial charge in [-0.1, -0.05) is 0 Å². The summed E-state index contributed by atoms with van der Waals surface area (Å²) < 4.78 is 5.68. The maximum Gasteiger partial charge on any atom is 0.121 e. The zero-order chi connectivity index (χ0) is 8.23. The first kappa shape index (κ1) is 8.24. The molecule has 2 heterocycles. The molecule has 2 atom stereocenters. The Bertz CT molecular complexity index is 161. The SMILES string of the molecule is [C]1N=CCCC1C1CCCCO1. The van der Waals surface area contributed by atoms with Gasteiger partial charge in [0.15, 0.2) is 0 Å². The zero-order valence-electron chi connectivity index (χ0n) is 7.33. The third kappa shape index (κ3) is 1.86. The molecule has 0 aliphatic carbocycles. The standard InChI is InChI=1S/C10H15NO/c1-2-7-12-10(5-1)9-4-3-6-11-8-9/h6,9-10H,1-5,7H2. The predicted octanol–water partition coefficient (Wildman–Crippen LogP) is 2.08. The minimum absolute atomic E-state index is 0.413. The first-order valence-electron chi connectivity index (χ1n) is 4.85. The molecular weight excluding hydrogens is 150 g/mol. The van der Waals surface area contributed by atoms with Gasteiger partial charge in [-0.25, -0.2) is 0 Å². The van der Waals surface area contributed by atoms with Crippen molar-refractivity contribution in [1.29, 1.82) is 0 Å². The van der Waals surface area contributed by atoms with Crippen LogP contribution in [0.15, 0.2) is 4.99 Å². The summed E-state index contributed by atoms with van der Waals surface area (Å²) in [5.74, 6) is 0.468. The van der Waals surface area contributed by atoms with Crippen molar-refractivity contribution in [2.75, 3.05) is 6.61 Å². The number of rotatable bonds is 1. The summed E-state index contributed by atoms with van der Waals surface area (Å²) in [6.07, 6.45) is 8.37. The van der Waals surface area contributed by atoms with Crippen LogP contribution < -0.4 is 0 Å². The molecule has 0 bridgehead atoms. The topological polar surface area (TPSA) is 21.6 Å². The van der Waals surface area contributed by atoms with Crippen LogP contribution in [0.5, 0.6) is 0 Å². The summed E-state index contributed by atoms with van der Waals surface area (Å²) in [4.78, 5) is 4.08. The average molecular weight is 165 g/mol. The summed E-state index contributed by atoms with van der Waals surface area (Å²) >= 11 is 0. The molecule has 0 aromatic heterocycles. The molecule has 0 spiro atoms. The number of nitrogens with zero attached hydrogens (tertiary/aromatic N) is 1. The lowest BCUT2D eigenvalue weighted by atomic mass is 9.90. The molecule has 0 N–H and O–H groups in total. The highest BCUT2D eigenvalue weighted by Gasteiger charge is 2.25. The van der Waals surface area contributed by atoms with Gasteiger partial charge in [0.05, 0.1) is 6.10 Å². The van der Waals surface area contributed by atoms with Gasteiger partial charge in [-0.3, -0.25) is 4.99 Å². The van der Waals surface area contributed by atoms with E-state index in [1.807, 2.05) is 6.21 Å². The molecule has 66 valence electrons. The fourth-order valence-electron chi connectivity index (χ4n) is 1.88. The fourth-order valence-corrected chi connectivity index (χ4v) is 1.88. The van der Waals surface area contributed by atoms with E-state index in [1.165, 1.54) is 25.7 Å². The zero-order valence-corrected chi connectivity index (χ0v) is 7.33. The summed E-state index contributed by atoms with van der Waals surface area (Å²) in [5.41, 5.74) is 0. The van der Waals surface area contributed by atoms with Crippen LogP contribution in [-0.4, -0.2) is 18.9 Å². The molecule has 1 saturated heterocycles. The second kappa shape index (κ2) is 4.04. The third-order valence-corrected chi connectivity index (χ3v) is 2.60. The lowest BCUT2D eigenvalue weighted by molar-refractivity contribution is -0.0149. The first-order valence-corrected chi connectivity index (χ1v) is 4.85. The molecule has 1 fully saturated rings. The van der Waals surface area contributed by atoms with Crippen molar-refractivity contribution in [3.8, 4) is 0 Å². The maximum absolute atomic E-state index is 5.68. The van der Waals surface area contributed by atoms with Gasteiger partial charge in [-0.2, -0.15) is 0 Å². The quantitative estimate of drug-likeness (QED) is 0.583. The van der Waals surface area contributed by atoms with Crippen molar-refractivity contribution >= 4 is 6.21 Å². The van der Waals surface area contributed by atoms with Crippen LogP contribution in [0.25, 0.3) is 0 Å². The highest BCUT2D eigenvalue weighted by Crippen LogP contribution is 2.27. The van der Waals surface area contributed by atoms with E-state index in [0.29, 0.717) is 12.0 Å². The van der Waals surface area contributed by atoms with E-state index in [4.69, 9.17) is 4.74 Å². The lowest BCUT2D eigenvalue weighted by Gasteiger charge is -2.29. The van der Waals surface area contributed by atoms with Crippen molar-refractivity contribution in [2.24, 2.45) is 10.9 Å². The van der Waals surface area contributed by atoms with Gasteiger partial charge in [0, 0.05) is 12.5 Å². The van der Waals surface area contributed by atoms with Gasteiger partial charge in [0.1, 0.15) is 6.54 Å². The Kier molecular flexibility index (Phi) is 2.77. The van der Waals surface area contributed by atoms with Crippen molar-refractivity contribution in [2.45, 2.75) is 38.2 Å². The molecular formula is C10H15NO. The molecule has 2 aliphatic rings. The number of aliphatic imine (C=N–C) groups is 1. The van der Waals surface area contributed by atoms with E-state index in [2.05, 4.69) is 11.5 Å². The molecule has 2 unspecified atom stereocenters. The number of ether oxygens (including phenoxy) is 1. The number of hydrogen-bond acceptors (Lipinski definition) is 2. The molecule has 2 rings (SSSR count). The van der Waals surface area contributed by atoms with Crippen LogP contribution in [0.3, 0.4) is 0 Å². The largest absolute Gasteiger partial charge is 0.378 e. The highest BCUT2D eigenvalue weighted by molar-refractivity contribution is 5.58. The molecule has 2 nitrogen and oxygen atoms in total. The van der Waals surface area contributed by atoms with E-state index < -0.39 is 0 Å².